The number of benzene rings is 3. The molecule has 1 saturated heterocycles. The highest BCUT2D eigenvalue weighted by Crippen LogP contribution is 2.40. The van der Waals surface area contributed by atoms with Crippen molar-refractivity contribution in [2.45, 2.75) is 27.3 Å². The third kappa shape index (κ3) is 6.44. The number of fused-ring (bicyclic) bond motifs is 1. The summed E-state index contributed by atoms with van der Waals surface area (Å²) in [6.45, 7) is 5.98. The second-order valence-electron chi connectivity index (χ2n) is 9.36. The SMILES string of the molecule is CCOc1cc(/C=C2\SC(=O)N(Cc3cc4c(cc3Cl)OCO4)C2=O)ccc1OCC(=O)Nc1ccc(C)cc1C. The van der Waals surface area contributed by atoms with Crippen molar-refractivity contribution in [3.8, 4) is 23.0 Å². The third-order valence-electron chi connectivity index (χ3n) is 6.32. The maximum absolute atomic E-state index is 13.1. The quantitative estimate of drug-likeness (QED) is 0.286. The van der Waals surface area contributed by atoms with Crippen LogP contribution >= 0.6 is 23.4 Å². The number of rotatable bonds is 9. The van der Waals surface area contributed by atoms with Crippen LogP contribution in [0.5, 0.6) is 23.0 Å². The van der Waals surface area contributed by atoms with Crippen LogP contribution < -0.4 is 24.3 Å². The van der Waals surface area contributed by atoms with Crippen molar-refractivity contribution in [1.82, 2.24) is 4.90 Å². The van der Waals surface area contributed by atoms with E-state index in [1.165, 1.54) is 0 Å². The Morgan fingerprint density at radius 2 is 1.83 bits per heavy atom. The Kier molecular flexibility index (Phi) is 8.41. The number of hydrogen-bond donors (Lipinski definition) is 1. The van der Waals surface area contributed by atoms with Crippen LogP contribution in [0.1, 0.15) is 29.2 Å². The van der Waals surface area contributed by atoms with Gasteiger partial charge in [-0.1, -0.05) is 35.4 Å². The molecule has 3 aromatic carbocycles. The minimum absolute atomic E-state index is 0.00136. The molecule has 3 aromatic rings. The lowest BCUT2D eigenvalue weighted by molar-refractivity contribution is -0.123. The van der Waals surface area contributed by atoms with Crippen LogP contribution in [-0.2, 0) is 16.1 Å². The minimum atomic E-state index is -0.435. The molecule has 0 spiro atoms. The molecule has 41 heavy (non-hydrogen) atoms. The number of hydrogen-bond acceptors (Lipinski definition) is 8. The van der Waals surface area contributed by atoms with E-state index in [0.717, 1.165) is 33.5 Å². The van der Waals surface area contributed by atoms with E-state index in [2.05, 4.69) is 5.32 Å². The molecule has 0 radical (unpaired) electrons. The normalized spacial score (nSPS) is 15.0. The van der Waals surface area contributed by atoms with Crippen molar-refractivity contribution >= 4 is 52.2 Å². The highest BCUT2D eigenvalue weighted by atomic mass is 35.5. The number of anilines is 1. The van der Waals surface area contributed by atoms with Gasteiger partial charge >= 0.3 is 0 Å². The number of amides is 3. The summed E-state index contributed by atoms with van der Waals surface area (Å²) in [6, 6.07) is 14.1. The summed E-state index contributed by atoms with van der Waals surface area (Å²) in [6.07, 6.45) is 1.62. The lowest BCUT2D eigenvalue weighted by Crippen LogP contribution is -2.27. The topological polar surface area (TPSA) is 103 Å². The summed E-state index contributed by atoms with van der Waals surface area (Å²) < 4.78 is 22.2. The van der Waals surface area contributed by atoms with Gasteiger partial charge in [0.1, 0.15) is 0 Å². The number of thioether (sulfide) groups is 1. The van der Waals surface area contributed by atoms with Crippen molar-refractivity contribution in [2.75, 3.05) is 25.3 Å². The number of ether oxygens (including phenoxy) is 4. The molecule has 3 amide bonds. The molecule has 2 aliphatic heterocycles. The summed E-state index contributed by atoms with van der Waals surface area (Å²) in [5.74, 6) is 1.08. The molecule has 212 valence electrons. The lowest BCUT2D eigenvalue weighted by Gasteiger charge is -2.14. The van der Waals surface area contributed by atoms with Crippen LogP contribution in [0.2, 0.25) is 5.02 Å². The first-order valence-corrected chi connectivity index (χ1v) is 14.0. The maximum Gasteiger partial charge on any atom is 0.293 e. The molecule has 0 bridgehead atoms. The van der Waals surface area contributed by atoms with Gasteiger partial charge in [-0.25, -0.2) is 0 Å². The predicted molar refractivity (Wildman–Crippen MR) is 157 cm³/mol. The molecule has 9 nitrogen and oxygen atoms in total. The zero-order valence-electron chi connectivity index (χ0n) is 22.6. The second kappa shape index (κ2) is 12.2. The van der Waals surface area contributed by atoms with Crippen molar-refractivity contribution in [3.05, 3.63) is 80.7 Å². The van der Waals surface area contributed by atoms with Crippen LogP contribution in [0.25, 0.3) is 6.08 Å². The van der Waals surface area contributed by atoms with Crippen LogP contribution in [0.15, 0.2) is 53.4 Å². The predicted octanol–water partition coefficient (Wildman–Crippen LogP) is 6.34. The van der Waals surface area contributed by atoms with Gasteiger partial charge in [-0.3, -0.25) is 19.3 Å². The van der Waals surface area contributed by atoms with Gasteiger partial charge in [0.25, 0.3) is 17.1 Å². The summed E-state index contributed by atoms with van der Waals surface area (Å²) in [4.78, 5) is 39.8. The van der Waals surface area contributed by atoms with E-state index < -0.39 is 11.1 Å². The summed E-state index contributed by atoms with van der Waals surface area (Å²) >= 11 is 7.19. The zero-order valence-corrected chi connectivity index (χ0v) is 24.2. The number of imide groups is 1. The van der Waals surface area contributed by atoms with Gasteiger partial charge in [-0.05, 0) is 79.6 Å². The third-order valence-corrected chi connectivity index (χ3v) is 7.58. The first kappa shape index (κ1) is 28.4. The first-order valence-electron chi connectivity index (χ1n) is 12.8. The Balaban J connectivity index is 1.27. The second-order valence-corrected chi connectivity index (χ2v) is 10.8. The van der Waals surface area contributed by atoms with Gasteiger partial charge in [-0.2, -0.15) is 0 Å². The Bertz CT molecular complexity index is 1570. The van der Waals surface area contributed by atoms with E-state index >= 15 is 0 Å². The molecule has 11 heteroatoms. The van der Waals surface area contributed by atoms with Gasteiger partial charge in [0.15, 0.2) is 29.6 Å². The van der Waals surface area contributed by atoms with Gasteiger partial charge < -0.3 is 24.3 Å². The van der Waals surface area contributed by atoms with E-state index in [1.54, 1.807) is 36.4 Å². The molecule has 1 fully saturated rings. The molecule has 0 atom stereocenters. The van der Waals surface area contributed by atoms with Crippen LogP contribution in [0.3, 0.4) is 0 Å². The van der Waals surface area contributed by atoms with E-state index in [-0.39, 0.29) is 30.8 Å². The van der Waals surface area contributed by atoms with Gasteiger partial charge in [0.2, 0.25) is 6.79 Å². The summed E-state index contributed by atoms with van der Waals surface area (Å²) in [7, 11) is 0. The van der Waals surface area contributed by atoms with E-state index in [1.807, 2.05) is 39.0 Å². The van der Waals surface area contributed by atoms with Crippen molar-refractivity contribution < 1.29 is 33.3 Å². The maximum atomic E-state index is 13.1. The number of carbonyl (C=O) groups is 3. The fourth-order valence-corrected chi connectivity index (χ4v) is 5.38. The molecule has 5 rings (SSSR count). The smallest absolute Gasteiger partial charge is 0.293 e. The largest absolute Gasteiger partial charge is 0.490 e. The van der Waals surface area contributed by atoms with Crippen LogP contribution in [-0.4, -0.2) is 42.0 Å². The number of halogens is 1. The van der Waals surface area contributed by atoms with Gasteiger partial charge in [0.05, 0.1) is 18.1 Å². The Morgan fingerprint density at radius 3 is 2.59 bits per heavy atom. The van der Waals surface area contributed by atoms with Crippen molar-refractivity contribution in [1.29, 1.82) is 0 Å². The van der Waals surface area contributed by atoms with E-state index in [0.29, 0.717) is 45.8 Å². The Labute approximate surface area is 246 Å². The highest BCUT2D eigenvalue weighted by Gasteiger charge is 2.36. The number of nitrogens with zero attached hydrogens (tertiary/aromatic N) is 1. The molecule has 0 unspecified atom stereocenters. The molecule has 2 heterocycles. The minimum Gasteiger partial charge on any atom is -0.490 e. The molecular weight excluding hydrogens is 568 g/mol. The van der Waals surface area contributed by atoms with E-state index in [4.69, 9.17) is 30.5 Å². The van der Waals surface area contributed by atoms with Gasteiger partial charge in [0, 0.05) is 16.8 Å². The molecular formula is C30H27ClN2O7S. The molecule has 0 aromatic heterocycles. The first-order chi connectivity index (χ1) is 19.7. The fourth-order valence-electron chi connectivity index (χ4n) is 4.32. The lowest BCUT2D eigenvalue weighted by atomic mass is 10.1. The fraction of sp³-hybridized carbons (Fsp3) is 0.233. The average Bonchev–Trinajstić information content (AvgIpc) is 3.49. The Morgan fingerprint density at radius 1 is 1.05 bits per heavy atom. The van der Waals surface area contributed by atoms with Crippen molar-refractivity contribution in [2.24, 2.45) is 0 Å². The summed E-state index contributed by atoms with van der Waals surface area (Å²) in [5, 5.41) is 2.82. The highest BCUT2D eigenvalue weighted by molar-refractivity contribution is 8.18. The average molecular weight is 595 g/mol. The van der Waals surface area contributed by atoms with Crippen molar-refractivity contribution in [3.63, 3.8) is 0 Å². The monoisotopic (exact) mass is 594 g/mol. The Hall–Kier alpha value is -4.15. The molecule has 2 aliphatic rings. The molecule has 0 aliphatic carbocycles. The standard InChI is InChI=1S/C30H27ClN2O7S/c1-4-37-24-10-19(6-8-23(24)38-15-28(34)32-22-7-5-17(2)9-18(22)3)11-27-29(35)33(30(36)41-27)14-20-12-25-26(13-21(20)31)40-16-39-25/h5-13H,4,14-16H2,1-3H3,(H,32,34)/b27-11-. The number of nitrogens with one attached hydrogen (secondary N) is 1. The summed E-state index contributed by atoms with van der Waals surface area (Å²) in [5.41, 5.74) is 3.99. The van der Waals surface area contributed by atoms with Crippen LogP contribution in [0.4, 0.5) is 10.5 Å². The van der Waals surface area contributed by atoms with E-state index in [9.17, 15) is 14.4 Å². The van der Waals surface area contributed by atoms with Crippen LogP contribution in [0, 0.1) is 13.8 Å². The molecule has 0 saturated carbocycles. The molecule has 1 N–H and O–H groups in total. The van der Waals surface area contributed by atoms with Gasteiger partial charge in [-0.15, -0.1) is 0 Å². The zero-order chi connectivity index (χ0) is 29.1. The number of carbonyl (C=O) groups excluding carboxylic acids is 3. The number of aryl methyl sites for hydroxylation is 2.